The highest BCUT2D eigenvalue weighted by atomic mass is 32.2. The highest BCUT2D eigenvalue weighted by Crippen LogP contribution is 2.15. The molecule has 1 amide bonds. The number of nitrogens with zero attached hydrogens (tertiary/aromatic N) is 2. The molecule has 0 aliphatic rings. The van der Waals surface area contributed by atoms with Gasteiger partial charge in [0.2, 0.25) is 10.0 Å². The van der Waals surface area contributed by atoms with Crippen molar-refractivity contribution in [1.29, 1.82) is 0 Å². The van der Waals surface area contributed by atoms with E-state index < -0.39 is 15.9 Å². The molecule has 164 valence electrons. The van der Waals surface area contributed by atoms with Gasteiger partial charge in [-0.2, -0.15) is 5.10 Å². The lowest BCUT2D eigenvalue weighted by atomic mass is 10.1. The first-order valence-corrected chi connectivity index (χ1v) is 11.7. The number of nitrogens with one attached hydrogen (secondary N) is 2. The van der Waals surface area contributed by atoms with Crippen molar-refractivity contribution in [2.45, 2.75) is 45.7 Å². The molecule has 0 bridgehead atoms. The summed E-state index contributed by atoms with van der Waals surface area (Å²) in [6, 6.07) is 13.7. The van der Waals surface area contributed by atoms with E-state index in [0.29, 0.717) is 28.4 Å². The number of aryl methyl sites for hydroxylation is 1. The van der Waals surface area contributed by atoms with Gasteiger partial charge < -0.3 is 5.32 Å². The van der Waals surface area contributed by atoms with Crippen molar-refractivity contribution in [1.82, 2.24) is 19.8 Å². The third-order valence-corrected chi connectivity index (χ3v) is 6.22. The first kappa shape index (κ1) is 22.6. The molecule has 9 heteroatoms. The van der Waals surface area contributed by atoms with Gasteiger partial charge in [0.25, 0.3) is 11.5 Å². The van der Waals surface area contributed by atoms with Crippen LogP contribution in [0.3, 0.4) is 0 Å². The molecule has 3 aromatic rings. The fourth-order valence-electron chi connectivity index (χ4n) is 3.35. The van der Waals surface area contributed by atoms with Crippen molar-refractivity contribution < 1.29 is 13.2 Å². The van der Waals surface area contributed by atoms with Crippen LogP contribution in [0.2, 0.25) is 0 Å². The van der Waals surface area contributed by atoms with Gasteiger partial charge in [0.1, 0.15) is 0 Å². The van der Waals surface area contributed by atoms with Crippen LogP contribution in [0.1, 0.15) is 42.4 Å². The molecule has 0 aliphatic heterocycles. The molecule has 2 N–H and O–H groups in total. The van der Waals surface area contributed by atoms with Crippen LogP contribution in [0.5, 0.6) is 0 Å². The van der Waals surface area contributed by atoms with Crippen molar-refractivity contribution in [3.63, 3.8) is 0 Å². The number of carbonyl (C=O) groups is 1. The van der Waals surface area contributed by atoms with Crippen LogP contribution in [0.25, 0.3) is 10.8 Å². The molecule has 8 nitrogen and oxygen atoms in total. The van der Waals surface area contributed by atoms with Gasteiger partial charge in [0, 0.05) is 24.5 Å². The molecule has 0 spiro atoms. The van der Waals surface area contributed by atoms with Crippen molar-refractivity contribution >= 4 is 26.7 Å². The van der Waals surface area contributed by atoms with Gasteiger partial charge in [-0.05, 0) is 38.0 Å². The number of hydrogen-bond donors (Lipinski definition) is 2. The SMILES string of the molecule is CCn1nc(C(=O)NCc2ccccc2CS(=O)(=O)NC(C)C)c2ccccc2c1=O. The Morgan fingerprint density at radius 1 is 1.03 bits per heavy atom. The minimum Gasteiger partial charge on any atom is -0.347 e. The average Bonchev–Trinajstić information content (AvgIpc) is 2.72. The maximum Gasteiger partial charge on any atom is 0.274 e. The second-order valence-corrected chi connectivity index (χ2v) is 9.25. The van der Waals surface area contributed by atoms with Gasteiger partial charge in [-0.15, -0.1) is 0 Å². The molecule has 0 unspecified atom stereocenters. The van der Waals surface area contributed by atoms with Crippen LogP contribution >= 0.6 is 0 Å². The largest absolute Gasteiger partial charge is 0.347 e. The summed E-state index contributed by atoms with van der Waals surface area (Å²) in [5, 5.41) is 7.95. The van der Waals surface area contributed by atoms with E-state index in [-0.39, 0.29) is 29.6 Å². The van der Waals surface area contributed by atoms with Crippen molar-refractivity contribution in [2.24, 2.45) is 0 Å². The van der Waals surface area contributed by atoms with E-state index in [9.17, 15) is 18.0 Å². The molecule has 2 aromatic carbocycles. The van der Waals surface area contributed by atoms with E-state index in [2.05, 4.69) is 15.1 Å². The lowest BCUT2D eigenvalue weighted by molar-refractivity contribution is 0.0945. The Kier molecular flexibility index (Phi) is 6.87. The Morgan fingerprint density at radius 3 is 2.29 bits per heavy atom. The molecule has 0 aliphatic carbocycles. The van der Waals surface area contributed by atoms with E-state index >= 15 is 0 Å². The summed E-state index contributed by atoms with van der Waals surface area (Å²) >= 11 is 0. The van der Waals surface area contributed by atoms with Crippen molar-refractivity contribution in [3.8, 4) is 0 Å². The molecule has 1 heterocycles. The molecule has 0 saturated heterocycles. The standard InChI is InChI=1S/C22H26N4O4S/c1-4-26-22(28)19-12-8-7-11-18(19)20(24-26)21(27)23-13-16-9-5-6-10-17(16)14-31(29,30)25-15(2)3/h5-12,15,25H,4,13-14H2,1-3H3,(H,23,27). The predicted octanol–water partition coefficient (Wildman–Crippen LogP) is 2.17. The number of carbonyl (C=O) groups excluding carboxylic acids is 1. The fourth-order valence-corrected chi connectivity index (χ4v) is 4.85. The van der Waals surface area contributed by atoms with Gasteiger partial charge >= 0.3 is 0 Å². The lowest BCUT2D eigenvalue weighted by Gasteiger charge is -2.14. The molecule has 1 aromatic heterocycles. The molecular formula is C22H26N4O4S. The summed E-state index contributed by atoms with van der Waals surface area (Å²) in [5.41, 5.74) is 1.21. The number of sulfonamides is 1. The number of rotatable bonds is 8. The Bertz CT molecular complexity index is 1270. The van der Waals surface area contributed by atoms with E-state index in [1.54, 1.807) is 69.3 Å². The monoisotopic (exact) mass is 442 g/mol. The maximum absolute atomic E-state index is 12.9. The number of benzene rings is 2. The van der Waals surface area contributed by atoms with Gasteiger partial charge in [0.15, 0.2) is 5.69 Å². The summed E-state index contributed by atoms with van der Waals surface area (Å²) < 4.78 is 28.5. The van der Waals surface area contributed by atoms with E-state index in [0.717, 1.165) is 0 Å². The second kappa shape index (κ2) is 9.40. The molecular weight excluding hydrogens is 416 g/mol. The highest BCUT2D eigenvalue weighted by molar-refractivity contribution is 7.88. The number of fused-ring (bicyclic) bond motifs is 1. The summed E-state index contributed by atoms with van der Waals surface area (Å²) in [7, 11) is -3.50. The summed E-state index contributed by atoms with van der Waals surface area (Å²) in [5.74, 6) is -0.615. The number of amides is 1. The lowest BCUT2D eigenvalue weighted by Crippen LogP contribution is -2.32. The Balaban J connectivity index is 1.86. The van der Waals surface area contributed by atoms with Gasteiger partial charge in [-0.3, -0.25) is 9.59 Å². The normalized spacial score (nSPS) is 11.7. The average molecular weight is 443 g/mol. The molecule has 3 rings (SSSR count). The third-order valence-electron chi connectivity index (χ3n) is 4.70. The zero-order valence-electron chi connectivity index (χ0n) is 17.8. The Labute approximate surface area is 181 Å². The minimum absolute atomic E-state index is 0.132. The number of hydrogen-bond acceptors (Lipinski definition) is 5. The first-order valence-electron chi connectivity index (χ1n) is 10.1. The smallest absolute Gasteiger partial charge is 0.274 e. The van der Waals surface area contributed by atoms with Gasteiger partial charge in [0.05, 0.1) is 11.1 Å². The van der Waals surface area contributed by atoms with E-state index in [1.165, 1.54) is 4.68 Å². The third kappa shape index (κ3) is 5.36. The van der Waals surface area contributed by atoms with E-state index in [1.807, 2.05) is 0 Å². The van der Waals surface area contributed by atoms with Crippen LogP contribution in [0, 0.1) is 0 Å². The van der Waals surface area contributed by atoms with Gasteiger partial charge in [-0.25, -0.2) is 17.8 Å². The topological polar surface area (TPSA) is 110 Å². The maximum atomic E-state index is 12.9. The van der Waals surface area contributed by atoms with Crippen LogP contribution < -0.4 is 15.6 Å². The van der Waals surface area contributed by atoms with Crippen molar-refractivity contribution in [3.05, 3.63) is 75.7 Å². The molecule has 31 heavy (non-hydrogen) atoms. The van der Waals surface area contributed by atoms with Crippen LogP contribution in [-0.4, -0.2) is 30.1 Å². The summed E-state index contributed by atoms with van der Waals surface area (Å²) in [4.78, 5) is 25.4. The summed E-state index contributed by atoms with van der Waals surface area (Å²) in [6.45, 7) is 5.78. The number of aromatic nitrogens is 2. The molecule has 0 radical (unpaired) electrons. The molecule has 0 saturated carbocycles. The fraction of sp³-hybridized carbons (Fsp3) is 0.318. The van der Waals surface area contributed by atoms with Crippen LogP contribution in [0.4, 0.5) is 0 Å². The molecule has 0 atom stereocenters. The minimum atomic E-state index is -3.50. The van der Waals surface area contributed by atoms with Gasteiger partial charge in [-0.1, -0.05) is 42.5 Å². The second-order valence-electron chi connectivity index (χ2n) is 7.50. The zero-order chi connectivity index (χ0) is 22.6. The van der Waals surface area contributed by atoms with Crippen LogP contribution in [0.15, 0.2) is 53.3 Å². The quantitative estimate of drug-likeness (QED) is 0.556. The molecule has 0 fully saturated rings. The van der Waals surface area contributed by atoms with E-state index in [4.69, 9.17) is 0 Å². The van der Waals surface area contributed by atoms with Crippen LogP contribution in [-0.2, 0) is 28.9 Å². The van der Waals surface area contributed by atoms with Crippen molar-refractivity contribution in [2.75, 3.05) is 0 Å². The Morgan fingerprint density at radius 2 is 1.65 bits per heavy atom. The Hall–Kier alpha value is -3.04. The first-order chi connectivity index (χ1) is 14.7. The predicted molar refractivity (Wildman–Crippen MR) is 120 cm³/mol. The highest BCUT2D eigenvalue weighted by Gasteiger charge is 2.18. The summed E-state index contributed by atoms with van der Waals surface area (Å²) in [6.07, 6.45) is 0. The zero-order valence-corrected chi connectivity index (χ0v) is 18.6.